The lowest BCUT2D eigenvalue weighted by molar-refractivity contribution is 0.102. The van der Waals surface area contributed by atoms with Gasteiger partial charge in [-0.05, 0) is 60.8 Å². The van der Waals surface area contributed by atoms with Gasteiger partial charge in [-0.15, -0.1) is 11.3 Å². The highest BCUT2D eigenvalue weighted by molar-refractivity contribution is 7.94. The van der Waals surface area contributed by atoms with Gasteiger partial charge in [0, 0.05) is 24.8 Å². The number of benzene rings is 2. The molecule has 0 aliphatic carbocycles. The largest absolute Gasteiger partial charge is 0.322 e. The number of hydrogen-bond acceptors (Lipinski definition) is 6. The second-order valence-electron chi connectivity index (χ2n) is 6.70. The summed E-state index contributed by atoms with van der Waals surface area (Å²) >= 11 is 2.29. The molecular formula is C21H19N3O4S3. The van der Waals surface area contributed by atoms with Gasteiger partial charge in [-0.3, -0.25) is 18.5 Å². The molecule has 0 saturated heterocycles. The maximum absolute atomic E-state index is 12.6. The molecule has 2 aromatic heterocycles. The van der Waals surface area contributed by atoms with Crippen molar-refractivity contribution in [2.24, 2.45) is 0 Å². The Kier molecular flexibility index (Phi) is 5.69. The lowest BCUT2D eigenvalue weighted by Gasteiger charge is -2.18. The molecule has 0 atom stereocenters. The number of aryl methyl sites for hydroxylation is 1. The summed E-state index contributed by atoms with van der Waals surface area (Å²) in [5, 5.41) is 4.53. The third-order valence-electron chi connectivity index (χ3n) is 4.85. The van der Waals surface area contributed by atoms with Crippen LogP contribution in [0.4, 0.5) is 11.4 Å². The van der Waals surface area contributed by atoms with Crippen molar-refractivity contribution in [3.8, 4) is 0 Å². The van der Waals surface area contributed by atoms with Crippen LogP contribution in [-0.4, -0.2) is 25.9 Å². The maximum atomic E-state index is 12.6. The van der Waals surface area contributed by atoms with E-state index in [0.717, 1.165) is 32.9 Å². The Bertz CT molecular complexity index is 1400. The van der Waals surface area contributed by atoms with E-state index < -0.39 is 10.0 Å². The number of hydrogen-bond donors (Lipinski definition) is 1. The van der Waals surface area contributed by atoms with Crippen molar-refractivity contribution in [1.82, 2.24) is 4.57 Å². The molecule has 0 bridgehead atoms. The Labute approximate surface area is 187 Å². The van der Waals surface area contributed by atoms with E-state index in [1.807, 2.05) is 13.0 Å². The molecule has 4 aromatic rings. The Morgan fingerprint density at radius 3 is 2.52 bits per heavy atom. The molecule has 1 amide bonds. The van der Waals surface area contributed by atoms with Gasteiger partial charge in [0.15, 0.2) is 0 Å². The first kappa shape index (κ1) is 21.3. The van der Waals surface area contributed by atoms with Crippen molar-refractivity contribution in [3.05, 3.63) is 75.2 Å². The monoisotopic (exact) mass is 473 g/mol. The summed E-state index contributed by atoms with van der Waals surface area (Å²) in [4.78, 5) is 24.6. The van der Waals surface area contributed by atoms with Crippen molar-refractivity contribution in [1.29, 1.82) is 0 Å². The van der Waals surface area contributed by atoms with E-state index in [1.54, 1.807) is 58.5 Å². The normalized spacial score (nSPS) is 11.5. The van der Waals surface area contributed by atoms with E-state index in [2.05, 4.69) is 5.32 Å². The fourth-order valence-electron chi connectivity index (χ4n) is 3.15. The summed E-state index contributed by atoms with van der Waals surface area (Å²) in [6.45, 7) is 2.50. The third-order valence-corrected chi connectivity index (χ3v) is 8.95. The second kappa shape index (κ2) is 8.29. The average Bonchev–Trinajstić information content (AvgIpc) is 3.40. The van der Waals surface area contributed by atoms with Crippen LogP contribution in [0.5, 0.6) is 0 Å². The zero-order valence-corrected chi connectivity index (χ0v) is 19.2. The van der Waals surface area contributed by atoms with E-state index in [4.69, 9.17) is 0 Å². The van der Waals surface area contributed by atoms with Crippen LogP contribution >= 0.6 is 22.7 Å². The van der Waals surface area contributed by atoms with Gasteiger partial charge in [0.05, 0.1) is 15.9 Å². The average molecular weight is 474 g/mol. The molecular weight excluding hydrogens is 454 g/mol. The standard InChI is InChI=1S/C21H19N3O4S3/c1-3-24-17-11-8-15(13-18(17)30-21(24)26)22-20(25)14-6-9-16(10-7-14)23(2)31(27,28)19-5-4-12-29-19/h4-13H,3H2,1-2H3,(H,22,25). The lowest BCUT2D eigenvalue weighted by atomic mass is 10.2. The number of sulfonamides is 1. The molecule has 0 aliphatic rings. The number of anilines is 2. The summed E-state index contributed by atoms with van der Waals surface area (Å²) in [6, 6.07) is 14.9. The number of amides is 1. The first-order chi connectivity index (χ1) is 14.8. The SMILES string of the molecule is CCn1c(=O)sc2cc(NC(=O)c3ccc(N(C)S(=O)(=O)c4cccs4)cc3)ccc21. The van der Waals surface area contributed by atoms with E-state index in [0.29, 0.717) is 23.5 Å². The van der Waals surface area contributed by atoms with Crippen molar-refractivity contribution in [2.45, 2.75) is 17.7 Å². The van der Waals surface area contributed by atoms with Crippen LogP contribution < -0.4 is 14.5 Å². The molecule has 0 unspecified atom stereocenters. The summed E-state index contributed by atoms with van der Waals surface area (Å²) in [6.07, 6.45) is 0. The number of thiazole rings is 1. The van der Waals surface area contributed by atoms with Gasteiger partial charge in [0.25, 0.3) is 15.9 Å². The fraction of sp³-hybridized carbons (Fsp3) is 0.143. The third kappa shape index (κ3) is 4.01. The van der Waals surface area contributed by atoms with Crippen LogP contribution in [0.3, 0.4) is 0 Å². The van der Waals surface area contributed by atoms with Crippen molar-refractivity contribution in [2.75, 3.05) is 16.7 Å². The lowest BCUT2D eigenvalue weighted by Crippen LogP contribution is -2.25. The predicted molar refractivity (Wildman–Crippen MR) is 126 cm³/mol. The molecule has 2 aromatic carbocycles. The first-order valence-electron chi connectivity index (χ1n) is 9.38. The highest BCUT2D eigenvalue weighted by Gasteiger charge is 2.22. The van der Waals surface area contributed by atoms with Crippen molar-refractivity contribution in [3.63, 3.8) is 0 Å². The minimum atomic E-state index is -3.63. The molecule has 0 radical (unpaired) electrons. The van der Waals surface area contributed by atoms with Gasteiger partial charge in [-0.1, -0.05) is 17.4 Å². The number of nitrogens with zero attached hydrogens (tertiary/aromatic N) is 2. The van der Waals surface area contributed by atoms with Gasteiger partial charge < -0.3 is 5.32 Å². The molecule has 0 saturated carbocycles. The topological polar surface area (TPSA) is 88.5 Å². The fourth-order valence-corrected chi connectivity index (χ4v) is 6.50. The number of thiophene rings is 1. The molecule has 7 nitrogen and oxygen atoms in total. The van der Waals surface area contributed by atoms with Gasteiger partial charge in [-0.2, -0.15) is 0 Å². The zero-order valence-electron chi connectivity index (χ0n) is 16.7. The number of aromatic nitrogens is 1. The van der Waals surface area contributed by atoms with Crippen molar-refractivity contribution >= 4 is 60.2 Å². The van der Waals surface area contributed by atoms with Gasteiger partial charge in [-0.25, -0.2) is 8.42 Å². The number of nitrogens with one attached hydrogen (secondary N) is 1. The van der Waals surface area contributed by atoms with Crippen LogP contribution in [0.1, 0.15) is 17.3 Å². The van der Waals surface area contributed by atoms with Crippen molar-refractivity contribution < 1.29 is 13.2 Å². The molecule has 10 heteroatoms. The summed E-state index contributed by atoms with van der Waals surface area (Å²) in [5.74, 6) is -0.322. The number of carbonyl (C=O) groups excluding carboxylic acids is 1. The summed E-state index contributed by atoms with van der Waals surface area (Å²) in [5.41, 5.74) is 2.28. The quantitative estimate of drug-likeness (QED) is 0.454. The summed E-state index contributed by atoms with van der Waals surface area (Å²) < 4.78 is 29.2. The van der Waals surface area contributed by atoms with Crippen LogP contribution in [-0.2, 0) is 16.6 Å². The molecule has 0 fully saturated rings. The van der Waals surface area contributed by atoms with E-state index in [9.17, 15) is 18.0 Å². The van der Waals surface area contributed by atoms with E-state index in [-0.39, 0.29) is 15.0 Å². The van der Waals surface area contributed by atoms with E-state index in [1.165, 1.54) is 11.4 Å². The smallest absolute Gasteiger partial charge is 0.308 e. The molecule has 4 rings (SSSR count). The Hall–Kier alpha value is -2.95. The Morgan fingerprint density at radius 1 is 1.13 bits per heavy atom. The molecule has 0 spiro atoms. The van der Waals surface area contributed by atoms with Crippen LogP contribution in [0.25, 0.3) is 10.2 Å². The van der Waals surface area contributed by atoms with Crippen LogP contribution in [0, 0.1) is 0 Å². The van der Waals surface area contributed by atoms with Gasteiger partial charge in [0.1, 0.15) is 4.21 Å². The minimum Gasteiger partial charge on any atom is -0.322 e. The summed E-state index contributed by atoms with van der Waals surface area (Å²) in [7, 11) is -2.15. The highest BCUT2D eigenvalue weighted by atomic mass is 32.2. The minimum absolute atomic E-state index is 0.0295. The Morgan fingerprint density at radius 2 is 1.87 bits per heavy atom. The number of fused-ring (bicyclic) bond motifs is 1. The highest BCUT2D eigenvalue weighted by Crippen LogP contribution is 2.26. The second-order valence-corrected chi connectivity index (χ2v) is 10.8. The predicted octanol–water partition coefficient (Wildman–Crippen LogP) is 4.22. The van der Waals surface area contributed by atoms with E-state index >= 15 is 0 Å². The molecule has 160 valence electrons. The Balaban J connectivity index is 1.52. The maximum Gasteiger partial charge on any atom is 0.308 e. The number of carbonyl (C=O) groups is 1. The molecule has 2 heterocycles. The number of rotatable bonds is 6. The van der Waals surface area contributed by atoms with Crippen LogP contribution in [0.15, 0.2) is 69.0 Å². The molecule has 1 N–H and O–H groups in total. The molecule has 31 heavy (non-hydrogen) atoms. The molecule has 0 aliphatic heterocycles. The van der Waals surface area contributed by atoms with Gasteiger partial charge >= 0.3 is 4.87 Å². The van der Waals surface area contributed by atoms with Gasteiger partial charge in [0.2, 0.25) is 0 Å². The first-order valence-corrected chi connectivity index (χ1v) is 12.5. The zero-order chi connectivity index (χ0) is 22.2. The van der Waals surface area contributed by atoms with Crippen LogP contribution in [0.2, 0.25) is 0 Å².